The highest BCUT2D eigenvalue weighted by Crippen LogP contribution is 2.28. The van der Waals surface area contributed by atoms with Gasteiger partial charge >= 0.3 is 0 Å². The molecule has 0 saturated heterocycles. The molecule has 0 unspecified atom stereocenters. The van der Waals surface area contributed by atoms with E-state index in [2.05, 4.69) is 38.3 Å². The van der Waals surface area contributed by atoms with E-state index >= 15 is 0 Å². The molecule has 2 aromatic carbocycles. The molecule has 1 fully saturated rings. The molecule has 6 nitrogen and oxygen atoms in total. The molecular formula is C21H19N5OS. The van der Waals surface area contributed by atoms with Crippen LogP contribution in [0.2, 0.25) is 0 Å². The molecule has 0 spiro atoms. The molecule has 1 saturated carbocycles. The smallest absolute Gasteiger partial charge is 0.230 e. The second kappa shape index (κ2) is 7.24. The van der Waals surface area contributed by atoms with Crippen molar-refractivity contribution in [2.24, 2.45) is 0 Å². The quantitative estimate of drug-likeness (QED) is 0.512. The van der Waals surface area contributed by atoms with E-state index in [0.29, 0.717) is 23.5 Å². The molecule has 1 amide bonds. The summed E-state index contributed by atoms with van der Waals surface area (Å²) in [5.74, 6) is 0.337. The minimum absolute atomic E-state index is 0.0287. The topological polar surface area (TPSA) is 72.7 Å². The summed E-state index contributed by atoms with van der Waals surface area (Å²) < 4.78 is 2.17. The van der Waals surface area contributed by atoms with Crippen LogP contribution in [0, 0.1) is 0 Å². The molecule has 28 heavy (non-hydrogen) atoms. The van der Waals surface area contributed by atoms with Crippen LogP contribution in [0.5, 0.6) is 0 Å². The second-order valence-corrected chi connectivity index (χ2v) is 7.93. The summed E-state index contributed by atoms with van der Waals surface area (Å²) >= 11 is 1.33. The number of fused-ring (bicyclic) bond motifs is 3. The first-order valence-electron chi connectivity index (χ1n) is 9.36. The normalized spacial score (nSPS) is 13.9. The van der Waals surface area contributed by atoms with Crippen molar-refractivity contribution >= 4 is 39.7 Å². The summed E-state index contributed by atoms with van der Waals surface area (Å²) in [7, 11) is 0. The Balaban J connectivity index is 1.50. The number of hydrogen-bond acceptors (Lipinski definition) is 5. The van der Waals surface area contributed by atoms with Gasteiger partial charge in [-0.2, -0.15) is 0 Å². The number of aromatic nitrogens is 4. The third kappa shape index (κ3) is 3.45. The number of amides is 1. The molecule has 0 aliphatic heterocycles. The number of para-hydroxylation sites is 1. The predicted molar refractivity (Wildman–Crippen MR) is 110 cm³/mol. The summed E-state index contributed by atoms with van der Waals surface area (Å²) in [5.41, 5.74) is 3.86. The maximum absolute atomic E-state index is 12.0. The summed E-state index contributed by atoms with van der Waals surface area (Å²) in [6, 6.07) is 18.8. The first-order chi connectivity index (χ1) is 13.8. The zero-order valence-corrected chi connectivity index (χ0v) is 16.0. The fourth-order valence-corrected chi connectivity index (χ4v) is 3.90. The van der Waals surface area contributed by atoms with E-state index < -0.39 is 0 Å². The molecule has 1 aliphatic rings. The lowest BCUT2D eigenvalue weighted by molar-refractivity contribution is -0.118. The summed E-state index contributed by atoms with van der Waals surface area (Å²) in [5, 5.41) is 13.2. The Morgan fingerprint density at radius 3 is 2.68 bits per heavy atom. The van der Waals surface area contributed by atoms with Gasteiger partial charge in [-0.05, 0) is 24.5 Å². The maximum Gasteiger partial charge on any atom is 0.230 e. The van der Waals surface area contributed by atoms with Gasteiger partial charge in [0.05, 0.1) is 11.3 Å². The average Bonchev–Trinajstić information content (AvgIpc) is 3.50. The summed E-state index contributed by atoms with van der Waals surface area (Å²) in [6.45, 7) is 0.704. The van der Waals surface area contributed by atoms with Crippen molar-refractivity contribution in [3.05, 3.63) is 60.2 Å². The molecule has 2 heterocycles. The number of hydrogen-bond donors (Lipinski definition) is 1. The van der Waals surface area contributed by atoms with Crippen LogP contribution in [0.4, 0.5) is 0 Å². The van der Waals surface area contributed by atoms with Gasteiger partial charge in [0.15, 0.2) is 5.65 Å². The van der Waals surface area contributed by atoms with Gasteiger partial charge in [0.2, 0.25) is 11.1 Å². The Morgan fingerprint density at radius 1 is 1.07 bits per heavy atom. The highest BCUT2D eigenvalue weighted by Gasteiger charge is 2.23. The molecule has 0 atom stereocenters. The molecular weight excluding hydrogens is 370 g/mol. The van der Waals surface area contributed by atoms with E-state index in [0.717, 1.165) is 34.9 Å². The second-order valence-electron chi connectivity index (χ2n) is 6.99. The lowest BCUT2D eigenvalue weighted by Crippen LogP contribution is -2.27. The number of nitrogens with zero attached hydrogens (tertiary/aromatic N) is 4. The van der Waals surface area contributed by atoms with Crippen LogP contribution in [0.1, 0.15) is 18.4 Å². The van der Waals surface area contributed by atoms with E-state index in [1.54, 1.807) is 0 Å². The van der Waals surface area contributed by atoms with Crippen LogP contribution in [0.25, 0.3) is 22.1 Å². The summed E-state index contributed by atoms with van der Waals surface area (Å²) in [4.78, 5) is 16.7. The van der Waals surface area contributed by atoms with E-state index in [-0.39, 0.29) is 5.91 Å². The van der Waals surface area contributed by atoms with E-state index in [1.807, 2.05) is 36.4 Å². The minimum atomic E-state index is 0.0287. The van der Waals surface area contributed by atoms with Gasteiger partial charge < -0.3 is 9.88 Å². The van der Waals surface area contributed by atoms with Gasteiger partial charge in [-0.3, -0.25) is 4.79 Å². The maximum atomic E-state index is 12.0. The number of carbonyl (C=O) groups excluding carboxylic acids is 1. The zero-order valence-electron chi connectivity index (χ0n) is 15.2. The third-order valence-electron chi connectivity index (χ3n) is 4.81. The van der Waals surface area contributed by atoms with Crippen LogP contribution in [0.15, 0.2) is 59.8 Å². The van der Waals surface area contributed by atoms with Gasteiger partial charge in [-0.25, -0.2) is 4.98 Å². The fraction of sp³-hybridized carbons (Fsp3) is 0.238. The Morgan fingerprint density at radius 2 is 1.86 bits per heavy atom. The highest BCUT2D eigenvalue weighted by atomic mass is 32.2. The van der Waals surface area contributed by atoms with Crippen molar-refractivity contribution in [2.45, 2.75) is 30.6 Å². The van der Waals surface area contributed by atoms with Crippen molar-refractivity contribution in [2.75, 3.05) is 5.75 Å². The molecule has 4 aromatic rings. The number of benzene rings is 2. The SMILES string of the molecule is O=C(CSc1nnc2c3ccccc3n(Cc3ccccc3)c2n1)NC1CC1. The molecule has 140 valence electrons. The van der Waals surface area contributed by atoms with Crippen molar-refractivity contribution < 1.29 is 4.79 Å². The van der Waals surface area contributed by atoms with E-state index in [1.165, 1.54) is 17.3 Å². The average molecular weight is 389 g/mol. The Labute approximate surface area is 166 Å². The van der Waals surface area contributed by atoms with Crippen LogP contribution in [-0.2, 0) is 11.3 Å². The van der Waals surface area contributed by atoms with Crippen molar-refractivity contribution in [3.63, 3.8) is 0 Å². The lowest BCUT2D eigenvalue weighted by atomic mass is 10.2. The van der Waals surface area contributed by atoms with Gasteiger partial charge in [0, 0.05) is 18.0 Å². The third-order valence-corrected chi connectivity index (χ3v) is 5.65. The fourth-order valence-electron chi connectivity index (χ4n) is 3.30. The molecule has 2 aromatic heterocycles. The highest BCUT2D eigenvalue weighted by molar-refractivity contribution is 7.99. The van der Waals surface area contributed by atoms with Crippen molar-refractivity contribution in [1.29, 1.82) is 0 Å². The number of nitrogens with one attached hydrogen (secondary N) is 1. The Hall–Kier alpha value is -2.93. The Kier molecular flexibility index (Phi) is 4.44. The van der Waals surface area contributed by atoms with Crippen LogP contribution >= 0.6 is 11.8 Å². The van der Waals surface area contributed by atoms with Crippen LogP contribution < -0.4 is 5.32 Å². The zero-order chi connectivity index (χ0) is 18.9. The van der Waals surface area contributed by atoms with Crippen molar-refractivity contribution in [1.82, 2.24) is 25.1 Å². The molecule has 7 heteroatoms. The Bertz CT molecular complexity index is 1150. The first kappa shape index (κ1) is 17.2. The van der Waals surface area contributed by atoms with Crippen LogP contribution in [0.3, 0.4) is 0 Å². The minimum Gasteiger partial charge on any atom is -0.353 e. The van der Waals surface area contributed by atoms with Gasteiger partial charge in [0.1, 0.15) is 5.52 Å². The molecule has 5 rings (SSSR count). The largest absolute Gasteiger partial charge is 0.353 e. The van der Waals surface area contributed by atoms with Crippen molar-refractivity contribution in [3.8, 4) is 0 Å². The van der Waals surface area contributed by atoms with Crippen LogP contribution in [-0.4, -0.2) is 37.5 Å². The molecule has 1 aliphatic carbocycles. The molecule has 0 radical (unpaired) electrons. The molecule has 0 bridgehead atoms. The number of carbonyl (C=O) groups is 1. The number of thioether (sulfide) groups is 1. The molecule has 1 N–H and O–H groups in total. The van der Waals surface area contributed by atoms with E-state index in [9.17, 15) is 4.79 Å². The monoisotopic (exact) mass is 389 g/mol. The van der Waals surface area contributed by atoms with Gasteiger partial charge in [0.25, 0.3) is 0 Å². The summed E-state index contributed by atoms with van der Waals surface area (Å²) in [6.07, 6.45) is 2.17. The van der Waals surface area contributed by atoms with Gasteiger partial charge in [-0.15, -0.1) is 10.2 Å². The van der Waals surface area contributed by atoms with Gasteiger partial charge in [-0.1, -0.05) is 60.3 Å². The van der Waals surface area contributed by atoms with E-state index in [4.69, 9.17) is 4.98 Å². The number of rotatable bonds is 6. The predicted octanol–water partition coefficient (Wildman–Crippen LogP) is 3.40. The lowest BCUT2D eigenvalue weighted by Gasteiger charge is -2.07. The standard InChI is InChI=1S/C21H19N5OS/c27-18(22-15-10-11-15)13-28-21-23-20-19(24-25-21)16-8-4-5-9-17(16)26(20)12-14-6-2-1-3-7-14/h1-9,15H,10-13H2,(H,22,27). The first-order valence-corrected chi connectivity index (χ1v) is 10.3.